The summed E-state index contributed by atoms with van der Waals surface area (Å²) in [7, 11) is -6.75. The molecular formula is C5H3F8O3S-. The van der Waals surface area contributed by atoms with Crippen LogP contribution in [0, 0.1) is 0 Å². The zero-order chi connectivity index (χ0) is 14.5. The molecule has 12 heteroatoms. The lowest BCUT2D eigenvalue weighted by molar-refractivity contribution is -0.369. The summed E-state index contributed by atoms with van der Waals surface area (Å²) >= 11 is 0. The van der Waals surface area contributed by atoms with Gasteiger partial charge < -0.3 is 4.55 Å². The third kappa shape index (κ3) is 2.19. The second kappa shape index (κ2) is 3.67. The second-order valence-electron chi connectivity index (χ2n) is 3.02. The van der Waals surface area contributed by atoms with E-state index < -0.39 is 40.1 Å². The third-order valence-electron chi connectivity index (χ3n) is 1.78. The Hall–Kier alpha value is -0.650. The van der Waals surface area contributed by atoms with Crippen molar-refractivity contribution in [3.05, 3.63) is 0 Å². The minimum Gasteiger partial charge on any atom is -0.745 e. The molecule has 104 valence electrons. The summed E-state index contributed by atoms with van der Waals surface area (Å²) in [5, 5.41) is -5.61. The zero-order valence-electron chi connectivity index (χ0n) is 7.66. The average Bonchev–Trinajstić information content (AvgIpc) is 1.98. The van der Waals surface area contributed by atoms with Crippen molar-refractivity contribution >= 4 is 10.1 Å². The number of rotatable bonds is 3. The van der Waals surface area contributed by atoms with Gasteiger partial charge in [0.2, 0.25) is 0 Å². The van der Waals surface area contributed by atoms with Crippen molar-refractivity contribution in [2.45, 2.75) is 29.9 Å². The van der Waals surface area contributed by atoms with Crippen LogP contribution in [0.1, 0.15) is 6.92 Å². The minimum atomic E-state index is -7.01. The minimum absolute atomic E-state index is 0.866. The standard InChI is InChI=1S/C5H4F8O3S/c1-2(6,17(14,15)16)3(7,8)4(9,10)5(11,12)13/h1H3,(H,14,15,16)/p-1. The van der Waals surface area contributed by atoms with Crippen molar-refractivity contribution in [2.24, 2.45) is 0 Å². The fraction of sp³-hybridized carbons (Fsp3) is 1.00. The Labute approximate surface area is 89.2 Å². The van der Waals surface area contributed by atoms with E-state index in [1.807, 2.05) is 0 Å². The average molecular weight is 295 g/mol. The Kier molecular flexibility index (Phi) is 3.53. The van der Waals surface area contributed by atoms with Crippen LogP contribution in [0.4, 0.5) is 35.1 Å². The van der Waals surface area contributed by atoms with E-state index in [-0.39, 0.29) is 0 Å². The van der Waals surface area contributed by atoms with Crippen molar-refractivity contribution in [3.8, 4) is 0 Å². The van der Waals surface area contributed by atoms with Crippen molar-refractivity contribution in [1.29, 1.82) is 0 Å². The summed E-state index contributed by atoms with van der Waals surface area (Å²) in [4.78, 5) is 0. The molecule has 0 aliphatic carbocycles. The highest BCUT2D eigenvalue weighted by atomic mass is 32.2. The Morgan fingerprint density at radius 1 is 0.824 bits per heavy atom. The van der Waals surface area contributed by atoms with E-state index in [0.29, 0.717) is 0 Å². The highest BCUT2D eigenvalue weighted by molar-refractivity contribution is 7.87. The van der Waals surface area contributed by atoms with Gasteiger partial charge in [0.05, 0.1) is 0 Å². The van der Waals surface area contributed by atoms with E-state index in [1.54, 1.807) is 0 Å². The monoisotopic (exact) mass is 295 g/mol. The van der Waals surface area contributed by atoms with Gasteiger partial charge in [-0.25, -0.2) is 12.8 Å². The molecule has 0 N–H and O–H groups in total. The highest BCUT2D eigenvalue weighted by Crippen LogP contribution is 2.53. The summed E-state index contributed by atoms with van der Waals surface area (Å²) < 4.78 is 127. The molecule has 0 saturated carbocycles. The van der Waals surface area contributed by atoms with E-state index in [9.17, 15) is 48.1 Å². The fourth-order valence-corrected chi connectivity index (χ4v) is 1.06. The van der Waals surface area contributed by atoms with Gasteiger partial charge >= 0.3 is 18.0 Å². The zero-order valence-corrected chi connectivity index (χ0v) is 8.47. The lowest BCUT2D eigenvalue weighted by Gasteiger charge is -2.37. The molecule has 0 radical (unpaired) electrons. The molecule has 1 unspecified atom stereocenters. The van der Waals surface area contributed by atoms with Crippen LogP contribution in [0.2, 0.25) is 0 Å². The van der Waals surface area contributed by atoms with Crippen LogP contribution in [0.25, 0.3) is 0 Å². The first-order chi connectivity index (χ1) is 7.00. The van der Waals surface area contributed by atoms with Crippen molar-refractivity contribution in [1.82, 2.24) is 0 Å². The molecule has 0 aromatic carbocycles. The maximum absolute atomic E-state index is 12.8. The van der Waals surface area contributed by atoms with E-state index in [1.165, 1.54) is 0 Å². The van der Waals surface area contributed by atoms with Crippen LogP contribution < -0.4 is 0 Å². The first-order valence-corrected chi connectivity index (χ1v) is 4.87. The molecule has 1 atom stereocenters. The highest BCUT2D eigenvalue weighted by Gasteiger charge is 2.81. The molecule has 0 aromatic heterocycles. The largest absolute Gasteiger partial charge is 0.745 e. The van der Waals surface area contributed by atoms with Crippen LogP contribution in [0.3, 0.4) is 0 Å². The SMILES string of the molecule is CC(F)(C(F)(F)C(F)(F)C(F)(F)F)S(=O)(=O)[O-]. The lowest BCUT2D eigenvalue weighted by atomic mass is 10.1. The summed E-state index contributed by atoms with van der Waals surface area (Å²) in [5.41, 5.74) is 0. The summed E-state index contributed by atoms with van der Waals surface area (Å²) in [6, 6.07) is 0. The van der Waals surface area contributed by atoms with Crippen LogP contribution in [0.5, 0.6) is 0 Å². The van der Waals surface area contributed by atoms with Crippen LogP contribution >= 0.6 is 0 Å². The van der Waals surface area contributed by atoms with Gasteiger partial charge in [0.15, 0.2) is 0 Å². The lowest BCUT2D eigenvalue weighted by Crippen LogP contribution is -2.63. The number of halogens is 8. The summed E-state index contributed by atoms with van der Waals surface area (Å²) in [5.74, 6) is -13.8. The van der Waals surface area contributed by atoms with E-state index in [2.05, 4.69) is 0 Å². The van der Waals surface area contributed by atoms with Crippen LogP contribution in [-0.4, -0.2) is 36.0 Å². The Morgan fingerprint density at radius 2 is 1.12 bits per heavy atom. The normalized spacial score (nSPS) is 18.9. The molecule has 0 bridgehead atoms. The molecule has 0 spiro atoms. The van der Waals surface area contributed by atoms with E-state index in [0.717, 1.165) is 0 Å². The molecule has 0 aromatic rings. The third-order valence-corrected chi connectivity index (χ3v) is 2.98. The van der Waals surface area contributed by atoms with Crippen molar-refractivity contribution < 1.29 is 48.1 Å². The number of hydrogen-bond donors (Lipinski definition) is 0. The molecule has 17 heavy (non-hydrogen) atoms. The summed E-state index contributed by atoms with van der Waals surface area (Å²) in [6.45, 7) is -0.866. The first kappa shape index (κ1) is 16.4. The molecule has 0 saturated heterocycles. The molecular weight excluding hydrogens is 292 g/mol. The van der Waals surface area contributed by atoms with Crippen LogP contribution in [-0.2, 0) is 10.1 Å². The van der Waals surface area contributed by atoms with Gasteiger partial charge in [0, 0.05) is 0 Å². The van der Waals surface area contributed by atoms with Crippen molar-refractivity contribution in [2.75, 3.05) is 0 Å². The number of alkyl halides is 8. The predicted octanol–water partition coefficient (Wildman–Crippen LogP) is 2.05. The van der Waals surface area contributed by atoms with Crippen molar-refractivity contribution in [3.63, 3.8) is 0 Å². The Morgan fingerprint density at radius 3 is 1.29 bits per heavy atom. The fourth-order valence-electron chi connectivity index (χ4n) is 0.615. The van der Waals surface area contributed by atoms with Crippen LogP contribution in [0.15, 0.2) is 0 Å². The van der Waals surface area contributed by atoms with Gasteiger partial charge in [-0.1, -0.05) is 0 Å². The number of hydrogen-bond acceptors (Lipinski definition) is 3. The van der Waals surface area contributed by atoms with Gasteiger partial charge in [-0.15, -0.1) is 0 Å². The molecule has 0 fully saturated rings. The van der Waals surface area contributed by atoms with E-state index in [4.69, 9.17) is 0 Å². The van der Waals surface area contributed by atoms with Gasteiger partial charge in [0.25, 0.3) is 5.00 Å². The maximum atomic E-state index is 12.8. The smallest absolute Gasteiger partial charge is 0.460 e. The molecule has 0 amide bonds. The topological polar surface area (TPSA) is 57.2 Å². The maximum Gasteiger partial charge on any atom is 0.460 e. The molecule has 0 aliphatic heterocycles. The first-order valence-electron chi connectivity index (χ1n) is 3.47. The van der Waals surface area contributed by atoms with E-state index >= 15 is 0 Å². The van der Waals surface area contributed by atoms with Gasteiger partial charge in [0.1, 0.15) is 10.1 Å². The quantitative estimate of drug-likeness (QED) is 0.591. The molecule has 0 heterocycles. The Bertz CT molecular complexity index is 394. The predicted molar refractivity (Wildman–Crippen MR) is 35.2 cm³/mol. The Balaban J connectivity index is 5.91. The molecule has 0 aliphatic rings. The van der Waals surface area contributed by atoms with Gasteiger partial charge in [-0.2, -0.15) is 30.7 Å². The second-order valence-corrected chi connectivity index (χ2v) is 4.69. The molecule has 0 rings (SSSR count). The molecule has 3 nitrogen and oxygen atoms in total. The van der Waals surface area contributed by atoms with Gasteiger partial charge in [-0.05, 0) is 6.92 Å². The summed E-state index contributed by atoms with van der Waals surface area (Å²) in [6.07, 6.45) is -6.92. The van der Waals surface area contributed by atoms with Gasteiger partial charge in [-0.3, -0.25) is 0 Å².